The number of nitriles is 1. The van der Waals surface area contributed by atoms with Crippen LogP contribution in [0.1, 0.15) is 30.5 Å². The Morgan fingerprint density at radius 3 is 2.62 bits per heavy atom. The number of halogens is 2. The molecule has 150 valence electrons. The highest BCUT2D eigenvalue weighted by Gasteiger charge is 2.13. The van der Waals surface area contributed by atoms with Crippen molar-refractivity contribution in [2.24, 2.45) is 0 Å². The second-order valence-electron chi connectivity index (χ2n) is 6.70. The number of allylic oxidation sites excluding steroid dienone is 1. The molecule has 0 fully saturated rings. The number of hydrogen-bond acceptors (Lipinski definition) is 3. The van der Waals surface area contributed by atoms with Crippen molar-refractivity contribution in [3.63, 3.8) is 0 Å². The number of nitrogens with one attached hydrogen (secondary N) is 1. The molecule has 0 radical (unpaired) electrons. The summed E-state index contributed by atoms with van der Waals surface area (Å²) in [5.41, 5.74) is 2.66. The van der Waals surface area contributed by atoms with E-state index in [1.54, 1.807) is 12.2 Å². The molecule has 0 aliphatic heterocycles. The highest BCUT2D eigenvalue weighted by atomic mass is 79.9. The Morgan fingerprint density at radius 2 is 2.03 bits per heavy atom. The van der Waals surface area contributed by atoms with Crippen LogP contribution >= 0.6 is 27.5 Å². The molecule has 4 nitrogen and oxygen atoms in total. The van der Waals surface area contributed by atoms with Gasteiger partial charge in [-0.05, 0) is 83.2 Å². The molecule has 6 heteroatoms. The van der Waals surface area contributed by atoms with Crippen molar-refractivity contribution in [2.45, 2.75) is 32.9 Å². The molecule has 2 aromatic carbocycles. The van der Waals surface area contributed by atoms with Crippen molar-refractivity contribution in [3.05, 3.63) is 80.8 Å². The van der Waals surface area contributed by atoms with E-state index in [2.05, 4.69) is 27.8 Å². The predicted molar refractivity (Wildman–Crippen MR) is 121 cm³/mol. The van der Waals surface area contributed by atoms with Crippen LogP contribution < -0.4 is 10.1 Å². The number of carbonyl (C=O) groups is 1. The molecule has 0 unspecified atom stereocenters. The average Bonchev–Trinajstić information content (AvgIpc) is 2.66. The van der Waals surface area contributed by atoms with Crippen molar-refractivity contribution in [1.82, 2.24) is 5.32 Å². The van der Waals surface area contributed by atoms with E-state index in [4.69, 9.17) is 16.3 Å². The maximum Gasteiger partial charge on any atom is 0.262 e. The predicted octanol–water partition coefficient (Wildman–Crippen LogP) is 5.84. The van der Waals surface area contributed by atoms with Crippen LogP contribution in [-0.2, 0) is 17.8 Å². The molecular formula is C23H22BrClN2O2. The van der Waals surface area contributed by atoms with Crippen LogP contribution in [0.25, 0.3) is 6.08 Å². The molecule has 1 N–H and O–H groups in total. The number of amides is 1. The van der Waals surface area contributed by atoms with Gasteiger partial charge in [0.1, 0.15) is 24.0 Å². The Morgan fingerprint density at radius 1 is 1.34 bits per heavy atom. The van der Waals surface area contributed by atoms with Gasteiger partial charge in [-0.25, -0.2) is 0 Å². The van der Waals surface area contributed by atoms with E-state index < -0.39 is 5.91 Å². The van der Waals surface area contributed by atoms with Gasteiger partial charge in [0.25, 0.3) is 5.91 Å². The van der Waals surface area contributed by atoms with Crippen LogP contribution in [0.3, 0.4) is 0 Å². The van der Waals surface area contributed by atoms with Crippen molar-refractivity contribution >= 4 is 39.5 Å². The number of carbonyl (C=O) groups excluding carboxylic acids is 1. The van der Waals surface area contributed by atoms with Gasteiger partial charge in [0, 0.05) is 11.1 Å². The van der Waals surface area contributed by atoms with E-state index >= 15 is 0 Å². The second kappa shape index (κ2) is 10.8. The fraction of sp³-hybridized carbons (Fsp3) is 0.217. The molecule has 0 aromatic heterocycles. The van der Waals surface area contributed by atoms with Gasteiger partial charge in [-0.3, -0.25) is 4.79 Å². The number of hydrogen-bond donors (Lipinski definition) is 1. The van der Waals surface area contributed by atoms with Crippen LogP contribution in [0.5, 0.6) is 5.75 Å². The molecule has 1 amide bonds. The summed E-state index contributed by atoms with van der Waals surface area (Å²) in [6.45, 7) is 7.88. The zero-order chi connectivity index (χ0) is 21.4. The minimum absolute atomic E-state index is 0.0463. The molecular weight excluding hydrogens is 452 g/mol. The molecule has 0 atom stereocenters. The summed E-state index contributed by atoms with van der Waals surface area (Å²) >= 11 is 9.47. The first kappa shape index (κ1) is 22.7. The van der Waals surface area contributed by atoms with Gasteiger partial charge in [0.15, 0.2) is 0 Å². The fourth-order valence-electron chi connectivity index (χ4n) is 2.62. The first-order chi connectivity index (χ1) is 13.8. The summed E-state index contributed by atoms with van der Waals surface area (Å²) in [6.07, 6.45) is 3.93. The fourth-order valence-corrected chi connectivity index (χ4v) is 3.38. The van der Waals surface area contributed by atoms with E-state index in [0.717, 1.165) is 21.2 Å². The van der Waals surface area contributed by atoms with Gasteiger partial charge in [0.05, 0.1) is 4.47 Å². The third-order valence-corrected chi connectivity index (χ3v) is 4.74. The molecule has 0 spiro atoms. The van der Waals surface area contributed by atoms with E-state index in [9.17, 15) is 10.1 Å². The lowest BCUT2D eigenvalue weighted by Crippen LogP contribution is -2.30. The molecule has 2 rings (SSSR count). The zero-order valence-electron chi connectivity index (χ0n) is 16.3. The van der Waals surface area contributed by atoms with Gasteiger partial charge in [0.2, 0.25) is 0 Å². The number of nitrogens with zero attached hydrogens (tertiary/aromatic N) is 1. The van der Waals surface area contributed by atoms with Crippen molar-refractivity contribution in [1.29, 1.82) is 5.26 Å². The second-order valence-corrected chi connectivity index (χ2v) is 7.99. The standard InChI is InChI=1S/C23H22BrClN2O2/c1-4-5-18-10-17(11-19(13-26)23(28)27-15(2)3)12-21(24)22(18)29-14-16-6-8-20(25)9-7-16/h4,6-12,15H,1,5,14H2,2-3H3,(H,27,28)/b19-11-. The quantitative estimate of drug-likeness (QED) is 0.297. The Bertz CT molecular complexity index is 960. The maximum absolute atomic E-state index is 12.2. The van der Waals surface area contributed by atoms with Crippen LogP contribution in [0.15, 0.2) is 59.1 Å². The summed E-state index contributed by atoms with van der Waals surface area (Å²) in [6, 6.07) is 13.1. The highest BCUT2D eigenvalue weighted by molar-refractivity contribution is 9.10. The summed E-state index contributed by atoms with van der Waals surface area (Å²) in [5.74, 6) is 0.300. The summed E-state index contributed by atoms with van der Waals surface area (Å²) < 4.78 is 6.76. The molecule has 0 aliphatic rings. The van der Waals surface area contributed by atoms with E-state index in [-0.39, 0.29) is 11.6 Å². The molecule has 29 heavy (non-hydrogen) atoms. The van der Waals surface area contributed by atoms with Gasteiger partial charge < -0.3 is 10.1 Å². The van der Waals surface area contributed by atoms with E-state index in [0.29, 0.717) is 23.8 Å². The molecule has 0 saturated carbocycles. The van der Waals surface area contributed by atoms with Crippen LogP contribution in [-0.4, -0.2) is 11.9 Å². The van der Waals surface area contributed by atoms with Crippen molar-refractivity contribution in [3.8, 4) is 11.8 Å². The Labute approximate surface area is 185 Å². The number of benzene rings is 2. The molecule has 0 saturated heterocycles. The summed E-state index contributed by atoms with van der Waals surface area (Å²) in [5, 5.41) is 12.8. The van der Waals surface area contributed by atoms with Crippen LogP contribution in [0, 0.1) is 11.3 Å². The third kappa shape index (κ3) is 6.77. The first-order valence-electron chi connectivity index (χ1n) is 9.07. The first-order valence-corrected chi connectivity index (χ1v) is 10.2. The largest absolute Gasteiger partial charge is 0.487 e. The monoisotopic (exact) mass is 472 g/mol. The van der Waals surface area contributed by atoms with Crippen LogP contribution in [0.4, 0.5) is 0 Å². The Hall–Kier alpha value is -2.55. The lowest BCUT2D eigenvalue weighted by molar-refractivity contribution is -0.117. The van der Waals surface area contributed by atoms with Gasteiger partial charge >= 0.3 is 0 Å². The highest BCUT2D eigenvalue weighted by Crippen LogP contribution is 2.33. The third-order valence-electron chi connectivity index (χ3n) is 3.90. The number of rotatable bonds is 8. The smallest absolute Gasteiger partial charge is 0.262 e. The van der Waals surface area contributed by atoms with Crippen molar-refractivity contribution < 1.29 is 9.53 Å². The Balaban J connectivity index is 2.32. The van der Waals surface area contributed by atoms with Gasteiger partial charge in [-0.1, -0.05) is 29.8 Å². The maximum atomic E-state index is 12.2. The Kier molecular flexibility index (Phi) is 8.50. The molecule has 0 heterocycles. The topological polar surface area (TPSA) is 62.1 Å². The van der Waals surface area contributed by atoms with Crippen LogP contribution in [0.2, 0.25) is 5.02 Å². The summed E-state index contributed by atoms with van der Waals surface area (Å²) in [4.78, 5) is 12.2. The summed E-state index contributed by atoms with van der Waals surface area (Å²) in [7, 11) is 0. The van der Waals surface area contributed by atoms with E-state index in [1.807, 2.05) is 56.3 Å². The van der Waals surface area contributed by atoms with E-state index in [1.165, 1.54) is 0 Å². The number of ether oxygens (including phenoxy) is 1. The van der Waals surface area contributed by atoms with Crippen molar-refractivity contribution in [2.75, 3.05) is 0 Å². The SMILES string of the molecule is C=CCc1cc(/C=C(/C#N)C(=O)NC(C)C)cc(Br)c1OCc1ccc(Cl)cc1. The van der Waals surface area contributed by atoms with Gasteiger partial charge in [-0.2, -0.15) is 5.26 Å². The molecule has 0 aliphatic carbocycles. The zero-order valence-corrected chi connectivity index (χ0v) is 18.7. The molecule has 0 bridgehead atoms. The molecule has 2 aromatic rings. The van der Waals surface area contributed by atoms with Gasteiger partial charge in [-0.15, -0.1) is 6.58 Å². The lowest BCUT2D eigenvalue weighted by atomic mass is 10.0. The normalized spacial score (nSPS) is 11.1. The lowest BCUT2D eigenvalue weighted by Gasteiger charge is -2.14. The minimum Gasteiger partial charge on any atom is -0.487 e. The average molecular weight is 474 g/mol. The minimum atomic E-state index is -0.396.